The van der Waals surface area contributed by atoms with Crippen molar-refractivity contribution in [3.05, 3.63) is 30.3 Å². The zero-order valence-corrected chi connectivity index (χ0v) is 8.70. The van der Waals surface area contributed by atoms with E-state index in [1.54, 1.807) is 30.3 Å². The van der Waals surface area contributed by atoms with Crippen LogP contribution in [-0.2, 0) is 14.6 Å². The summed E-state index contributed by atoms with van der Waals surface area (Å²) in [6.45, 7) is 1.92. The molecule has 14 heavy (non-hydrogen) atoms. The Morgan fingerprint density at radius 3 is 2.43 bits per heavy atom. The van der Waals surface area contributed by atoms with E-state index in [-0.39, 0.29) is 6.10 Å². The molecule has 0 aromatic heterocycles. The molecule has 0 amide bonds. The van der Waals surface area contributed by atoms with Gasteiger partial charge in [-0.1, -0.05) is 25.1 Å². The molecule has 0 saturated carbocycles. The molecule has 1 fully saturated rings. The first kappa shape index (κ1) is 9.68. The predicted molar refractivity (Wildman–Crippen MR) is 52.6 cm³/mol. The highest BCUT2D eigenvalue weighted by Crippen LogP contribution is 2.34. The first-order valence-corrected chi connectivity index (χ1v) is 6.15. The van der Waals surface area contributed by atoms with Gasteiger partial charge in [-0.25, -0.2) is 8.42 Å². The van der Waals surface area contributed by atoms with Crippen LogP contribution in [0.15, 0.2) is 35.2 Å². The Labute approximate surface area is 83.6 Å². The van der Waals surface area contributed by atoms with Gasteiger partial charge in [0.25, 0.3) is 0 Å². The largest absolute Gasteiger partial charge is 0.352 e. The second kappa shape index (κ2) is 3.37. The van der Waals surface area contributed by atoms with Crippen LogP contribution in [0.3, 0.4) is 0 Å². The molecule has 76 valence electrons. The molecule has 2 rings (SSSR count). The summed E-state index contributed by atoms with van der Waals surface area (Å²) in [6, 6.07) is 8.43. The van der Waals surface area contributed by atoms with Crippen molar-refractivity contribution in [2.45, 2.75) is 29.8 Å². The number of epoxide rings is 1. The topological polar surface area (TPSA) is 46.7 Å². The van der Waals surface area contributed by atoms with Crippen LogP contribution in [0.4, 0.5) is 0 Å². The van der Waals surface area contributed by atoms with E-state index in [1.165, 1.54) is 0 Å². The first-order chi connectivity index (χ1) is 6.66. The van der Waals surface area contributed by atoms with Crippen LogP contribution >= 0.6 is 0 Å². The maximum Gasteiger partial charge on any atom is 0.207 e. The number of benzene rings is 1. The Morgan fingerprint density at radius 2 is 1.93 bits per heavy atom. The van der Waals surface area contributed by atoms with Gasteiger partial charge in [-0.2, -0.15) is 0 Å². The average Bonchev–Trinajstić information content (AvgIpc) is 2.98. The molecule has 0 spiro atoms. The Bertz CT molecular complexity index is 410. The third-order valence-electron chi connectivity index (χ3n) is 2.32. The fourth-order valence-corrected chi connectivity index (χ4v) is 3.12. The van der Waals surface area contributed by atoms with Gasteiger partial charge in [-0.3, -0.25) is 0 Å². The highest BCUT2D eigenvalue weighted by atomic mass is 32.2. The van der Waals surface area contributed by atoms with Crippen molar-refractivity contribution < 1.29 is 13.2 Å². The van der Waals surface area contributed by atoms with Crippen LogP contribution in [0.25, 0.3) is 0 Å². The smallest absolute Gasteiger partial charge is 0.207 e. The van der Waals surface area contributed by atoms with E-state index in [1.807, 2.05) is 6.92 Å². The van der Waals surface area contributed by atoms with E-state index in [4.69, 9.17) is 4.74 Å². The lowest BCUT2D eigenvalue weighted by Crippen LogP contribution is -2.10. The summed E-state index contributed by atoms with van der Waals surface area (Å²) < 4.78 is 28.8. The SMILES string of the molecule is CCC1OC1S(=O)(=O)c1ccccc1. The molecular weight excluding hydrogens is 200 g/mol. The minimum Gasteiger partial charge on any atom is -0.352 e. The number of rotatable bonds is 3. The lowest BCUT2D eigenvalue weighted by molar-refractivity contribution is 0.389. The van der Waals surface area contributed by atoms with Crippen LogP contribution < -0.4 is 0 Å². The summed E-state index contributed by atoms with van der Waals surface area (Å²) in [7, 11) is -3.25. The van der Waals surface area contributed by atoms with Gasteiger partial charge in [-0.15, -0.1) is 0 Å². The van der Waals surface area contributed by atoms with Gasteiger partial charge >= 0.3 is 0 Å². The number of hydrogen-bond acceptors (Lipinski definition) is 3. The minimum absolute atomic E-state index is 0.111. The van der Waals surface area contributed by atoms with Crippen LogP contribution in [0.5, 0.6) is 0 Å². The molecule has 0 radical (unpaired) electrons. The van der Waals surface area contributed by atoms with Crippen molar-refractivity contribution in [2.24, 2.45) is 0 Å². The molecule has 1 saturated heterocycles. The number of hydrogen-bond donors (Lipinski definition) is 0. The zero-order valence-electron chi connectivity index (χ0n) is 7.88. The van der Waals surface area contributed by atoms with Crippen molar-refractivity contribution >= 4 is 9.84 Å². The molecule has 0 bridgehead atoms. The molecule has 3 nitrogen and oxygen atoms in total. The second-order valence-electron chi connectivity index (χ2n) is 3.31. The van der Waals surface area contributed by atoms with E-state index in [0.29, 0.717) is 4.90 Å². The molecule has 1 heterocycles. The molecular formula is C10H12O3S. The van der Waals surface area contributed by atoms with Crippen molar-refractivity contribution in [3.63, 3.8) is 0 Å². The molecule has 2 unspecified atom stereocenters. The van der Waals surface area contributed by atoms with Gasteiger partial charge in [0.05, 0.1) is 4.90 Å². The maximum atomic E-state index is 11.8. The van der Waals surface area contributed by atoms with Crippen molar-refractivity contribution in [3.8, 4) is 0 Å². The summed E-state index contributed by atoms with van der Waals surface area (Å²) in [5, 5.41) is 0. The Kier molecular flexibility index (Phi) is 2.33. The normalized spacial score (nSPS) is 26.1. The molecule has 1 aromatic rings. The van der Waals surface area contributed by atoms with E-state index in [2.05, 4.69) is 0 Å². The van der Waals surface area contributed by atoms with E-state index >= 15 is 0 Å². The van der Waals surface area contributed by atoms with Crippen LogP contribution in [0.2, 0.25) is 0 Å². The molecule has 0 N–H and O–H groups in total. The summed E-state index contributed by atoms with van der Waals surface area (Å²) >= 11 is 0. The van der Waals surface area contributed by atoms with Crippen molar-refractivity contribution in [2.75, 3.05) is 0 Å². The van der Waals surface area contributed by atoms with Crippen molar-refractivity contribution in [1.29, 1.82) is 0 Å². The fraction of sp³-hybridized carbons (Fsp3) is 0.400. The van der Waals surface area contributed by atoms with Gasteiger partial charge in [0, 0.05) is 0 Å². The van der Waals surface area contributed by atoms with Gasteiger partial charge in [0.2, 0.25) is 9.84 Å². The Hall–Kier alpha value is -0.870. The van der Waals surface area contributed by atoms with Gasteiger partial charge in [-0.05, 0) is 18.6 Å². The number of sulfone groups is 1. The highest BCUT2D eigenvalue weighted by Gasteiger charge is 2.48. The molecule has 2 atom stereocenters. The third-order valence-corrected chi connectivity index (χ3v) is 4.27. The Morgan fingerprint density at radius 1 is 1.29 bits per heavy atom. The standard InChI is InChI=1S/C10H12O3S/c1-2-9-10(13-9)14(11,12)8-6-4-3-5-7-8/h3-7,9-10H,2H2,1H3. The maximum absolute atomic E-state index is 11.8. The minimum atomic E-state index is -3.25. The third kappa shape index (κ3) is 1.55. The van der Waals surface area contributed by atoms with E-state index in [9.17, 15) is 8.42 Å². The summed E-state index contributed by atoms with van der Waals surface area (Å²) in [5.74, 6) is 0. The van der Waals surface area contributed by atoms with E-state index in [0.717, 1.165) is 6.42 Å². The summed E-state index contributed by atoms with van der Waals surface area (Å²) in [6.07, 6.45) is 0.636. The lowest BCUT2D eigenvalue weighted by Gasteiger charge is -1.99. The number of ether oxygens (including phenoxy) is 1. The molecule has 0 aliphatic carbocycles. The molecule has 1 aromatic carbocycles. The van der Waals surface area contributed by atoms with Crippen LogP contribution in [-0.4, -0.2) is 20.0 Å². The highest BCUT2D eigenvalue weighted by molar-refractivity contribution is 7.92. The molecule has 1 aliphatic rings. The van der Waals surface area contributed by atoms with Gasteiger partial charge in [0.1, 0.15) is 6.10 Å². The van der Waals surface area contributed by atoms with Crippen LogP contribution in [0.1, 0.15) is 13.3 Å². The zero-order chi connectivity index (χ0) is 10.2. The van der Waals surface area contributed by atoms with Crippen LogP contribution in [0, 0.1) is 0 Å². The quantitative estimate of drug-likeness (QED) is 0.715. The van der Waals surface area contributed by atoms with Crippen molar-refractivity contribution in [1.82, 2.24) is 0 Å². The fourth-order valence-electron chi connectivity index (χ4n) is 1.43. The van der Waals surface area contributed by atoms with Gasteiger partial charge in [0.15, 0.2) is 5.44 Å². The second-order valence-corrected chi connectivity index (χ2v) is 5.34. The predicted octanol–water partition coefficient (Wildman–Crippen LogP) is 1.60. The summed E-state index contributed by atoms with van der Waals surface area (Å²) in [4.78, 5) is 0.348. The average molecular weight is 212 g/mol. The lowest BCUT2D eigenvalue weighted by atomic mass is 10.4. The Balaban J connectivity index is 2.27. The summed E-state index contributed by atoms with van der Waals surface area (Å²) in [5.41, 5.74) is -0.616. The van der Waals surface area contributed by atoms with Gasteiger partial charge < -0.3 is 4.74 Å². The molecule has 1 aliphatic heterocycles. The first-order valence-electron chi connectivity index (χ1n) is 4.60. The van der Waals surface area contributed by atoms with E-state index < -0.39 is 15.3 Å². The molecule has 4 heteroatoms. The monoisotopic (exact) mass is 212 g/mol.